The number of rotatable bonds is 0. The summed E-state index contributed by atoms with van der Waals surface area (Å²) in [6.07, 6.45) is 9.90. The lowest BCUT2D eigenvalue weighted by Gasteiger charge is -1.93. The van der Waals surface area contributed by atoms with E-state index in [4.69, 9.17) is 0 Å². The minimum atomic E-state index is 0. The van der Waals surface area contributed by atoms with Crippen LogP contribution in [0.5, 0.6) is 0 Å². The van der Waals surface area contributed by atoms with Gasteiger partial charge in [-0.15, -0.1) is 0 Å². The Morgan fingerprint density at radius 1 is 1.22 bits per heavy atom. The third-order valence-electron chi connectivity index (χ3n) is 0.976. The highest BCUT2D eigenvalue weighted by molar-refractivity contribution is 5.75. The van der Waals surface area contributed by atoms with E-state index in [-0.39, 0.29) is 11.0 Å². The summed E-state index contributed by atoms with van der Waals surface area (Å²) in [4.78, 5) is 0. The molecule has 0 spiro atoms. The van der Waals surface area contributed by atoms with E-state index in [1.807, 2.05) is 37.4 Å². The summed E-state index contributed by atoms with van der Waals surface area (Å²) < 4.78 is 0. The summed E-state index contributed by atoms with van der Waals surface area (Å²) >= 11 is 0. The molecule has 0 aromatic rings. The predicted octanol–water partition coefficient (Wildman–Crippen LogP) is 0.112. The van der Waals surface area contributed by atoms with Crippen molar-refractivity contribution >= 4 is 11.0 Å². The zero-order valence-electron chi connectivity index (χ0n) is 4.89. The molecule has 0 aromatic heterocycles. The Morgan fingerprint density at radius 2 is 2.00 bits per heavy atom. The van der Waals surface area contributed by atoms with E-state index in [0.29, 0.717) is 0 Å². The van der Waals surface area contributed by atoms with Crippen LogP contribution in [0.15, 0.2) is 36.2 Å². The van der Waals surface area contributed by atoms with E-state index in [1.165, 1.54) is 5.70 Å². The minimum Gasteiger partial charge on any atom is -0.365 e. The highest BCUT2D eigenvalue weighted by atomic mass is 28.1. The lowest BCUT2D eigenvalue weighted by Crippen LogP contribution is -1.98. The van der Waals surface area contributed by atoms with Gasteiger partial charge in [-0.2, -0.15) is 0 Å². The second kappa shape index (κ2) is 4.15. The van der Waals surface area contributed by atoms with Gasteiger partial charge < -0.3 is 5.32 Å². The van der Waals surface area contributed by atoms with Crippen molar-refractivity contribution in [2.45, 2.75) is 6.92 Å². The van der Waals surface area contributed by atoms with E-state index in [0.717, 1.165) is 0 Å². The second-order valence-corrected chi connectivity index (χ2v) is 1.74. The summed E-state index contributed by atoms with van der Waals surface area (Å²) in [5.41, 5.74) is 1.18. The van der Waals surface area contributed by atoms with Gasteiger partial charge in [-0.05, 0) is 30.0 Å². The smallest absolute Gasteiger partial charge is 0.0115 e. The van der Waals surface area contributed by atoms with E-state index in [1.54, 1.807) is 0 Å². The number of nitrogens with one attached hydrogen (secondary N) is 1. The van der Waals surface area contributed by atoms with Crippen molar-refractivity contribution in [3.05, 3.63) is 36.2 Å². The van der Waals surface area contributed by atoms with Crippen molar-refractivity contribution in [1.82, 2.24) is 5.32 Å². The molecule has 1 nitrogen and oxygen atoms in total. The highest BCUT2D eigenvalue weighted by Gasteiger charge is 1.80. The lowest BCUT2D eigenvalue weighted by molar-refractivity contribution is 1.06. The van der Waals surface area contributed by atoms with Crippen LogP contribution < -0.4 is 5.32 Å². The van der Waals surface area contributed by atoms with Gasteiger partial charge in [-0.3, -0.25) is 0 Å². The molecule has 1 N–H and O–H groups in total. The average molecular weight is 139 g/mol. The Balaban J connectivity index is 0.000000640. The molecule has 0 bridgehead atoms. The first-order valence-corrected chi connectivity index (χ1v) is 2.66. The molecular weight excluding hydrogens is 126 g/mol. The van der Waals surface area contributed by atoms with Gasteiger partial charge in [-0.1, -0.05) is 12.2 Å². The van der Waals surface area contributed by atoms with Gasteiger partial charge in [0, 0.05) is 11.9 Å². The van der Waals surface area contributed by atoms with Crippen LogP contribution >= 0.6 is 0 Å². The van der Waals surface area contributed by atoms with Crippen LogP contribution in [0.3, 0.4) is 0 Å². The van der Waals surface area contributed by atoms with Gasteiger partial charge in [0.1, 0.15) is 0 Å². The Kier molecular flexibility index (Phi) is 3.80. The molecular formula is C7H13NSi. The van der Waals surface area contributed by atoms with E-state index < -0.39 is 0 Å². The van der Waals surface area contributed by atoms with Gasteiger partial charge in [-0.25, -0.2) is 0 Å². The molecule has 0 saturated heterocycles. The molecule has 1 heterocycles. The van der Waals surface area contributed by atoms with E-state index >= 15 is 0 Å². The van der Waals surface area contributed by atoms with Crippen molar-refractivity contribution in [3.63, 3.8) is 0 Å². The normalized spacial score (nSPS) is 15.0. The number of hydrogen-bond acceptors (Lipinski definition) is 1. The molecule has 0 radical (unpaired) electrons. The minimum absolute atomic E-state index is 0. The van der Waals surface area contributed by atoms with Gasteiger partial charge in [0.15, 0.2) is 0 Å². The molecule has 0 aliphatic carbocycles. The van der Waals surface area contributed by atoms with E-state index in [2.05, 4.69) is 5.32 Å². The molecule has 1 aliphatic heterocycles. The van der Waals surface area contributed by atoms with Crippen LogP contribution in [-0.2, 0) is 0 Å². The molecule has 2 heteroatoms. The maximum absolute atomic E-state index is 3.06. The molecule has 1 rings (SSSR count). The third-order valence-corrected chi connectivity index (χ3v) is 0.976. The van der Waals surface area contributed by atoms with Crippen molar-refractivity contribution in [1.29, 1.82) is 0 Å². The Morgan fingerprint density at radius 3 is 2.78 bits per heavy atom. The Bertz CT molecular complexity index is 156. The molecule has 0 unspecified atom stereocenters. The topological polar surface area (TPSA) is 12.0 Å². The molecule has 9 heavy (non-hydrogen) atoms. The van der Waals surface area contributed by atoms with Gasteiger partial charge in [0.25, 0.3) is 0 Å². The van der Waals surface area contributed by atoms with Crippen LogP contribution in [0.4, 0.5) is 0 Å². The monoisotopic (exact) mass is 139 g/mol. The third kappa shape index (κ3) is 2.93. The maximum Gasteiger partial charge on any atom is 0.0115 e. The summed E-state index contributed by atoms with van der Waals surface area (Å²) in [6.45, 7) is 2.03. The fraction of sp³-hybridized carbons (Fsp3) is 0.143. The van der Waals surface area contributed by atoms with Gasteiger partial charge in [0.05, 0.1) is 0 Å². The summed E-state index contributed by atoms with van der Waals surface area (Å²) in [6, 6.07) is 0. The standard InChI is InChI=1S/C7H9N.H4Si/c1-7-5-3-2-4-6-8-7;/h2-6,8H,1H3;1H4. The van der Waals surface area contributed by atoms with Crippen molar-refractivity contribution < 1.29 is 0 Å². The number of allylic oxidation sites excluding steroid dienone is 5. The molecule has 0 aromatic carbocycles. The van der Waals surface area contributed by atoms with E-state index in [9.17, 15) is 0 Å². The molecule has 0 atom stereocenters. The fourth-order valence-electron chi connectivity index (χ4n) is 0.547. The van der Waals surface area contributed by atoms with Crippen molar-refractivity contribution in [3.8, 4) is 0 Å². The first-order chi connectivity index (χ1) is 3.89. The maximum atomic E-state index is 3.06. The summed E-state index contributed by atoms with van der Waals surface area (Å²) in [5.74, 6) is 0. The van der Waals surface area contributed by atoms with Crippen LogP contribution in [0.25, 0.3) is 0 Å². The molecule has 1 aliphatic rings. The quantitative estimate of drug-likeness (QED) is 0.470. The molecule has 0 saturated carbocycles. The summed E-state index contributed by atoms with van der Waals surface area (Å²) in [7, 11) is 0. The zero-order valence-corrected chi connectivity index (χ0v) is 4.89. The average Bonchev–Trinajstić information content (AvgIpc) is 1.94. The predicted molar refractivity (Wildman–Crippen MR) is 46.5 cm³/mol. The first-order valence-electron chi connectivity index (χ1n) is 2.66. The van der Waals surface area contributed by atoms with Gasteiger partial charge >= 0.3 is 0 Å². The number of hydrogen-bond donors (Lipinski definition) is 1. The van der Waals surface area contributed by atoms with Crippen LogP contribution in [0.2, 0.25) is 0 Å². The van der Waals surface area contributed by atoms with Crippen molar-refractivity contribution in [2.75, 3.05) is 0 Å². The lowest BCUT2D eigenvalue weighted by atomic mass is 10.4. The molecule has 50 valence electrons. The van der Waals surface area contributed by atoms with Crippen molar-refractivity contribution in [2.24, 2.45) is 0 Å². The Hall–Kier alpha value is -0.763. The highest BCUT2D eigenvalue weighted by Crippen LogP contribution is 1.91. The second-order valence-electron chi connectivity index (χ2n) is 1.74. The zero-order chi connectivity index (χ0) is 5.82. The van der Waals surface area contributed by atoms with Gasteiger partial charge in [0.2, 0.25) is 0 Å². The fourth-order valence-corrected chi connectivity index (χ4v) is 0.547. The first kappa shape index (κ1) is 8.24. The van der Waals surface area contributed by atoms with Crippen LogP contribution in [0, 0.1) is 0 Å². The van der Waals surface area contributed by atoms with Crippen LogP contribution in [-0.4, -0.2) is 11.0 Å². The largest absolute Gasteiger partial charge is 0.365 e. The molecule has 0 fully saturated rings. The Labute approximate surface area is 60.2 Å². The SMILES string of the molecule is CC1=CC=CC=CN1.[SiH4]. The van der Waals surface area contributed by atoms with Crippen LogP contribution in [0.1, 0.15) is 6.92 Å². The summed E-state index contributed by atoms with van der Waals surface area (Å²) in [5, 5.41) is 3.06. The molecule has 0 amide bonds.